The standard InChI is InChI=1S/C13H15NO/c1-2-4-11(5-3-1)13(6-7-13)8-12-9-15-10-14-12/h1-5,10,12H,6-9H2. The van der Waals surface area contributed by atoms with Gasteiger partial charge >= 0.3 is 0 Å². The second kappa shape index (κ2) is 3.37. The van der Waals surface area contributed by atoms with Gasteiger partial charge in [-0.2, -0.15) is 0 Å². The number of nitrogens with zero attached hydrogens (tertiary/aromatic N) is 1. The molecule has 1 aliphatic heterocycles. The molecule has 78 valence electrons. The lowest BCUT2D eigenvalue weighted by atomic mass is 9.89. The Kier molecular flexibility index (Phi) is 2.01. The maximum atomic E-state index is 5.17. The molecule has 1 aliphatic carbocycles. The average Bonchev–Trinajstić information content (AvgIpc) is 2.88. The van der Waals surface area contributed by atoms with Gasteiger partial charge in [0.1, 0.15) is 6.61 Å². The van der Waals surface area contributed by atoms with Crippen LogP contribution in [0.15, 0.2) is 35.3 Å². The van der Waals surface area contributed by atoms with Crippen molar-refractivity contribution in [3.05, 3.63) is 35.9 Å². The molecule has 2 nitrogen and oxygen atoms in total. The van der Waals surface area contributed by atoms with Crippen LogP contribution in [0.2, 0.25) is 0 Å². The van der Waals surface area contributed by atoms with Gasteiger partial charge in [-0.25, -0.2) is 0 Å². The number of benzene rings is 1. The lowest BCUT2D eigenvalue weighted by molar-refractivity contribution is 0.312. The minimum absolute atomic E-state index is 0.382. The van der Waals surface area contributed by atoms with Crippen molar-refractivity contribution < 1.29 is 4.74 Å². The van der Waals surface area contributed by atoms with Crippen LogP contribution in [0.3, 0.4) is 0 Å². The zero-order chi connectivity index (χ0) is 10.1. The third-order valence-corrected chi connectivity index (χ3v) is 3.50. The van der Waals surface area contributed by atoms with Gasteiger partial charge in [0.15, 0.2) is 6.40 Å². The Bertz CT molecular complexity index is 367. The predicted octanol–water partition coefficient (Wildman–Crippen LogP) is 2.54. The highest BCUT2D eigenvalue weighted by molar-refractivity contribution is 5.49. The maximum Gasteiger partial charge on any atom is 0.169 e. The molecule has 2 aliphatic rings. The fraction of sp³-hybridized carbons (Fsp3) is 0.462. The molecular weight excluding hydrogens is 186 g/mol. The van der Waals surface area contributed by atoms with Crippen LogP contribution in [-0.2, 0) is 10.2 Å². The molecule has 3 rings (SSSR count). The summed E-state index contributed by atoms with van der Waals surface area (Å²) in [7, 11) is 0. The highest BCUT2D eigenvalue weighted by Gasteiger charge is 2.45. The van der Waals surface area contributed by atoms with Crippen molar-refractivity contribution in [3.8, 4) is 0 Å². The Morgan fingerprint density at radius 2 is 2.07 bits per heavy atom. The number of hydrogen-bond acceptors (Lipinski definition) is 2. The van der Waals surface area contributed by atoms with E-state index in [1.165, 1.54) is 18.4 Å². The highest BCUT2D eigenvalue weighted by atomic mass is 16.5. The van der Waals surface area contributed by atoms with Crippen LogP contribution < -0.4 is 0 Å². The Morgan fingerprint density at radius 1 is 1.27 bits per heavy atom. The summed E-state index contributed by atoms with van der Waals surface area (Å²) in [6, 6.07) is 11.2. The monoisotopic (exact) mass is 201 g/mol. The number of aliphatic imine (C=N–C) groups is 1. The van der Waals surface area contributed by atoms with Crippen LogP contribution in [0.1, 0.15) is 24.8 Å². The van der Waals surface area contributed by atoms with E-state index < -0.39 is 0 Å². The van der Waals surface area contributed by atoms with E-state index in [1.54, 1.807) is 6.40 Å². The van der Waals surface area contributed by atoms with Crippen molar-refractivity contribution in [2.75, 3.05) is 6.61 Å². The zero-order valence-electron chi connectivity index (χ0n) is 8.73. The Balaban J connectivity index is 1.77. The number of hydrogen-bond donors (Lipinski definition) is 0. The van der Waals surface area contributed by atoms with Crippen molar-refractivity contribution in [1.29, 1.82) is 0 Å². The molecule has 0 N–H and O–H groups in total. The fourth-order valence-electron chi connectivity index (χ4n) is 2.44. The van der Waals surface area contributed by atoms with Gasteiger partial charge in [0.2, 0.25) is 0 Å². The second-order valence-electron chi connectivity index (χ2n) is 4.59. The number of rotatable bonds is 3. The molecule has 0 amide bonds. The van der Waals surface area contributed by atoms with Crippen LogP contribution >= 0.6 is 0 Å². The van der Waals surface area contributed by atoms with E-state index in [-0.39, 0.29) is 0 Å². The predicted molar refractivity (Wildman–Crippen MR) is 60.2 cm³/mol. The summed E-state index contributed by atoms with van der Waals surface area (Å²) in [5, 5.41) is 0. The highest BCUT2D eigenvalue weighted by Crippen LogP contribution is 2.52. The largest absolute Gasteiger partial charge is 0.481 e. The summed E-state index contributed by atoms with van der Waals surface area (Å²) in [4.78, 5) is 4.34. The van der Waals surface area contributed by atoms with Gasteiger partial charge in [-0.3, -0.25) is 4.99 Å². The van der Waals surface area contributed by atoms with E-state index in [0.717, 1.165) is 13.0 Å². The molecular formula is C13H15NO. The molecule has 1 aromatic rings. The van der Waals surface area contributed by atoms with E-state index in [9.17, 15) is 0 Å². The molecule has 1 atom stereocenters. The first-order valence-electron chi connectivity index (χ1n) is 5.58. The molecule has 0 bridgehead atoms. The quantitative estimate of drug-likeness (QED) is 0.736. The SMILES string of the molecule is C1=NC(CC2(c3ccccc3)CC2)CO1. The molecule has 0 radical (unpaired) electrons. The molecule has 1 unspecified atom stereocenters. The van der Waals surface area contributed by atoms with Crippen molar-refractivity contribution in [2.45, 2.75) is 30.7 Å². The van der Waals surface area contributed by atoms with Gasteiger partial charge in [0.25, 0.3) is 0 Å². The lowest BCUT2D eigenvalue weighted by Crippen LogP contribution is -2.17. The van der Waals surface area contributed by atoms with E-state index in [2.05, 4.69) is 35.3 Å². The average molecular weight is 201 g/mol. The third-order valence-electron chi connectivity index (χ3n) is 3.50. The molecule has 0 spiro atoms. The fourth-order valence-corrected chi connectivity index (χ4v) is 2.44. The molecule has 1 heterocycles. The van der Waals surface area contributed by atoms with Crippen LogP contribution in [0.25, 0.3) is 0 Å². The van der Waals surface area contributed by atoms with E-state index >= 15 is 0 Å². The zero-order valence-corrected chi connectivity index (χ0v) is 8.73. The van der Waals surface area contributed by atoms with Crippen molar-refractivity contribution in [2.24, 2.45) is 4.99 Å². The van der Waals surface area contributed by atoms with E-state index in [0.29, 0.717) is 11.5 Å². The minimum atomic E-state index is 0.382. The summed E-state index contributed by atoms with van der Waals surface area (Å²) in [6.45, 7) is 0.772. The normalized spacial score (nSPS) is 26.3. The van der Waals surface area contributed by atoms with Gasteiger partial charge in [0.05, 0.1) is 6.04 Å². The smallest absolute Gasteiger partial charge is 0.169 e. The van der Waals surface area contributed by atoms with Gasteiger partial charge < -0.3 is 4.74 Å². The Hall–Kier alpha value is -1.31. The van der Waals surface area contributed by atoms with Gasteiger partial charge in [-0.05, 0) is 30.2 Å². The molecule has 0 aromatic heterocycles. The van der Waals surface area contributed by atoms with Crippen LogP contribution in [0, 0.1) is 0 Å². The Labute approximate surface area is 90.0 Å². The van der Waals surface area contributed by atoms with Gasteiger partial charge in [0, 0.05) is 0 Å². The van der Waals surface area contributed by atoms with Crippen molar-refractivity contribution in [3.63, 3.8) is 0 Å². The first-order chi connectivity index (χ1) is 7.39. The van der Waals surface area contributed by atoms with Crippen LogP contribution in [-0.4, -0.2) is 19.0 Å². The second-order valence-corrected chi connectivity index (χ2v) is 4.59. The molecule has 1 saturated carbocycles. The van der Waals surface area contributed by atoms with E-state index in [4.69, 9.17) is 4.74 Å². The van der Waals surface area contributed by atoms with Crippen LogP contribution in [0.4, 0.5) is 0 Å². The van der Waals surface area contributed by atoms with Crippen LogP contribution in [0.5, 0.6) is 0 Å². The van der Waals surface area contributed by atoms with Crippen molar-refractivity contribution in [1.82, 2.24) is 0 Å². The van der Waals surface area contributed by atoms with E-state index in [1.807, 2.05) is 0 Å². The topological polar surface area (TPSA) is 21.6 Å². The van der Waals surface area contributed by atoms with Crippen molar-refractivity contribution >= 4 is 6.40 Å². The third kappa shape index (κ3) is 1.65. The Morgan fingerprint density at radius 3 is 2.67 bits per heavy atom. The first-order valence-corrected chi connectivity index (χ1v) is 5.58. The summed E-state index contributed by atoms with van der Waals surface area (Å²) >= 11 is 0. The minimum Gasteiger partial charge on any atom is -0.481 e. The lowest BCUT2D eigenvalue weighted by Gasteiger charge is -2.17. The van der Waals surface area contributed by atoms with Gasteiger partial charge in [-0.1, -0.05) is 30.3 Å². The maximum absolute atomic E-state index is 5.17. The summed E-state index contributed by atoms with van der Waals surface area (Å²) < 4.78 is 5.17. The van der Waals surface area contributed by atoms with Gasteiger partial charge in [-0.15, -0.1) is 0 Å². The molecule has 15 heavy (non-hydrogen) atoms. The molecule has 1 aromatic carbocycles. The first kappa shape index (κ1) is 8.96. The number of ether oxygens (including phenoxy) is 1. The summed E-state index contributed by atoms with van der Waals surface area (Å²) in [5.41, 5.74) is 1.89. The summed E-state index contributed by atoms with van der Waals surface area (Å²) in [5.74, 6) is 0. The molecule has 2 heteroatoms. The molecule has 1 fully saturated rings. The summed E-state index contributed by atoms with van der Waals surface area (Å²) in [6.07, 6.45) is 5.37. The molecule has 0 saturated heterocycles.